The minimum atomic E-state index is -3.58. The van der Waals surface area contributed by atoms with Crippen LogP contribution in [0.1, 0.15) is 20.7 Å². The monoisotopic (exact) mass is 267 g/mol. The molecule has 1 aliphatic rings. The molecule has 0 radical (unpaired) electrons. The van der Waals surface area contributed by atoms with Crippen LogP contribution in [0.25, 0.3) is 0 Å². The number of Topliss-reactive ketones (excluding diaryl/α,β-unsaturated/α-hetero) is 1. The first kappa shape index (κ1) is 12.3. The van der Waals surface area contributed by atoms with Crippen LogP contribution in [0.4, 0.5) is 5.69 Å². The molecule has 0 aromatic heterocycles. The predicted octanol–water partition coefficient (Wildman–Crippen LogP) is 0.879. The van der Waals surface area contributed by atoms with Crippen LogP contribution in [-0.2, 0) is 10.0 Å². The van der Waals surface area contributed by atoms with Crippen LogP contribution >= 0.6 is 0 Å². The topological polar surface area (TPSA) is 101 Å². The van der Waals surface area contributed by atoms with E-state index in [0.717, 1.165) is 12.3 Å². The highest BCUT2D eigenvalue weighted by Crippen LogP contribution is 2.27. The molecule has 1 aliphatic carbocycles. The number of rotatable bonds is 2. The second-order valence-electron chi connectivity index (χ2n) is 3.83. The molecule has 0 amide bonds. The zero-order valence-corrected chi connectivity index (χ0v) is 10.1. The van der Waals surface area contributed by atoms with E-state index in [-0.39, 0.29) is 16.8 Å². The van der Waals surface area contributed by atoms with Crippen LogP contribution in [-0.4, -0.2) is 31.3 Å². The molecule has 0 heterocycles. The molecule has 1 aromatic rings. The lowest BCUT2D eigenvalue weighted by atomic mass is 9.92. The van der Waals surface area contributed by atoms with Crippen molar-refractivity contribution in [3.05, 3.63) is 41.2 Å². The Morgan fingerprint density at radius 1 is 1.22 bits per heavy atom. The van der Waals surface area contributed by atoms with Crippen LogP contribution in [0.3, 0.4) is 0 Å². The second-order valence-corrected chi connectivity index (χ2v) is 5.57. The number of ketones is 2. The lowest BCUT2D eigenvalue weighted by Crippen LogP contribution is -2.20. The van der Waals surface area contributed by atoms with E-state index >= 15 is 0 Å². The lowest BCUT2D eigenvalue weighted by molar-refractivity contribution is 0.0940. The van der Waals surface area contributed by atoms with Gasteiger partial charge in [0.05, 0.1) is 17.5 Å². The highest BCUT2D eigenvalue weighted by Gasteiger charge is 2.28. The molecular weight excluding hydrogens is 258 g/mol. The number of sulfonamides is 1. The summed E-state index contributed by atoms with van der Waals surface area (Å²) in [5, 5.41) is 9.33. The second kappa shape index (κ2) is 3.95. The van der Waals surface area contributed by atoms with Crippen molar-refractivity contribution in [2.24, 2.45) is 0 Å². The van der Waals surface area contributed by atoms with E-state index in [4.69, 9.17) is 0 Å². The van der Waals surface area contributed by atoms with Gasteiger partial charge < -0.3 is 5.11 Å². The number of hydrogen-bond acceptors (Lipinski definition) is 5. The number of aliphatic hydroxyl groups is 1. The summed E-state index contributed by atoms with van der Waals surface area (Å²) in [4.78, 5) is 23.4. The Balaban J connectivity index is 2.65. The normalized spacial score (nSPS) is 15.1. The number of carbonyl (C=O) groups excluding carboxylic acids is 2. The zero-order chi connectivity index (χ0) is 13.5. The summed E-state index contributed by atoms with van der Waals surface area (Å²) >= 11 is 0. The summed E-state index contributed by atoms with van der Waals surface area (Å²) in [7, 11) is -3.58. The van der Waals surface area contributed by atoms with E-state index < -0.39 is 27.3 Å². The molecule has 2 rings (SSSR count). The van der Waals surface area contributed by atoms with Gasteiger partial charge in [-0.25, -0.2) is 8.42 Å². The minimum absolute atomic E-state index is 0.0204. The quantitative estimate of drug-likeness (QED) is 0.828. The molecule has 0 atom stereocenters. The van der Waals surface area contributed by atoms with Gasteiger partial charge in [0.15, 0.2) is 11.5 Å². The van der Waals surface area contributed by atoms with Gasteiger partial charge in [0.2, 0.25) is 15.8 Å². The van der Waals surface area contributed by atoms with Crippen molar-refractivity contribution in [3.8, 4) is 0 Å². The first-order valence-corrected chi connectivity index (χ1v) is 6.79. The average molecular weight is 267 g/mol. The molecule has 0 fully saturated rings. The van der Waals surface area contributed by atoms with Gasteiger partial charge >= 0.3 is 0 Å². The Morgan fingerprint density at radius 3 is 2.50 bits per heavy atom. The molecule has 7 heteroatoms. The molecular formula is C11H9NO5S. The fourth-order valence-electron chi connectivity index (χ4n) is 1.68. The van der Waals surface area contributed by atoms with Gasteiger partial charge in [-0.2, -0.15) is 0 Å². The summed E-state index contributed by atoms with van der Waals surface area (Å²) in [5.41, 5.74) is -0.0904. The van der Waals surface area contributed by atoms with Crippen molar-refractivity contribution in [1.82, 2.24) is 0 Å². The smallest absolute Gasteiger partial charge is 0.230 e. The fourth-order valence-corrected chi connectivity index (χ4v) is 2.25. The van der Waals surface area contributed by atoms with Gasteiger partial charge in [-0.15, -0.1) is 0 Å². The van der Waals surface area contributed by atoms with Gasteiger partial charge in [-0.05, 0) is 6.07 Å². The summed E-state index contributed by atoms with van der Waals surface area (Å²) in [6.45, 7) is 0. The van der Waals surface area contributed by atoms with Gasteiger partial charge in [-0.1, -0.05) is 12.1 Å². The number of carbonyl (C=O) groups is 2. The highest BCUT2D eigenvalue weighted by molar-refractivity contribution is 7.92. The Labute approximate surface area is 103 Å². The third-order valence-corrected chi connectivity index (χ3v) is 2.94. The maximum absolute atomic E-state index is 11.8. The average Bonchev–Trinajstić information content (AvgIpc) is 2.24. The van der Waals surface area contributed by atoms with E-state index in [1.807, 2.05) is 0 Å². The number of nitrogens with one attached hydrogen (secondary N) is 1. The predicted molar refractivity (Wildman–Crippen MR) is 64.3 cm³/mol. The lowest BCUT2D eigenvalue weighted by Gasteiger charge is -2.15. The maximum atomic E-state index is 11.8. The standard InChI is InChI=1S/C11H9NO5S/c1-18(16,17)12-7-4-2-3-6-8(13)5-9(14)11(15)10(6)7/h2-5,12,14H,1H3. The molecule has 6 nitrogen and oxygen atoms in total. The summed E-state index contributed by atoms with van der Waals surface area (Å²) in [6, 6.07) is 4.20. The van der Waals surface area contributed by atoms with E-state index in [0.29, 0.717) is 0 Å². The third-order valence-electron chi connectivity index (χ3n) is 2.35. The molecule has 94 valence electrons. The molecule has 0 aliphatic heterocycles. The number of benzene rings is 1. The van der Waals surface area contributed by atoms with Crippen molar-refractivity contribution in [2.45, 2.75) is 0 Å². The van der Waals surface area contributed by atoms with Crippen molar-refractivity contribution in [1.29, 1.82) is 0 Å². The first-order chi connectivity index (χ1) is 8.29. The van der Waals surface area contributed by atoms with Crippen molar-refractivity contribution in [2.75, 3.05) is 11.0 Å². The first-order valence-electron chi connectivity index (χ1n) is 4.90. The summed E-state index contributed by atoms with van der Waals surface area (Å²) < 4.78 is 24.5. The van der Waals surface area contributed by atoms with E-state index in [1.54, 1.807) is 0 Å². The van der Waals surface area contributed by atoms with Crippen LogP contribution in [0.15, 0.2) is 30.0 Å². The third kappa shape index (κ3) is 2.12. The largest absolute Gasteiger partial charge is 0.504 e. The highest BCUT2D eigenvalue weighted by atomic mass is 32.2. The summed E-state index contributed by atoms with van der Waals surface area (Å²) in [6.07, 6.45) is 1.74. The van der Waals surface area contributed by atoms with Crippen LogP contribution < -0.4 is 4.72 Å². The number of aliphatic hydroxyl groups excluding tert-OH is 1. The van der Waals surface area contributed by atoms with Gasteiger partial charge in [-0.3, -0.25) is 14.3 Å². The van der Waals surface area contributed by atoms with E-state index in [9.17, 15) is 23.1 Å². The van der Waals surface area contributed by atoms with Crippen molar-refractivity contribution >= 4 is 27.3 Å². The molecule has 0 saturated carbocycles. The van der Waals surface area contributed by atoms with E-state index in [1.165, 1.54) is 18.2 Å². The van der Waals surface area contributed by atoms with Crippen molar-refractivity contribution < 1.29 is 23.1 Å². The molecule has 1 aromatic carbocycles. The Kier molecular flexibility index (Phi) is 2.70. The number of allylic oxidation sites excluding steroid dienone is 2. The van der Waals surface area contributed by atoms with Gasteiger partial charge in [0.1, 0.15) is 0 Å². The number of fused-ring (bicyclic) bond motifs is 1. The van der Waals surface area contributed by atoms with Crippen molar-refractivity contribution in [3.63, 3.8) is 0 Å². The number of hydrogen-bond donors (Lipinski definition) is 2. The molecule has 0 spiro atoms. The van der Waals surface area contributed by atoms with Crippen LogP contribution in [0.5, 0.6) is 0 Å². The fraction of sp³-hybridized carbons (Fsp3) is 0.0909. The van der Waals surface area contributed by atoms with Gasteiger partial charge in [0, 0.05) is 11.6 Å². The van der Waals surface area contributed by atoms with Crippen LogP contribution in [0.2, 0.25) is 0 Å². The Hall–Kier alpha value is -2.15. The number of anilines is 1. The molecule has 2 N–H and O–H groups in total. The SMILES string of the molecule is CS(=O)(=O)Nc1cccc2c1C(=O)C(O)=CC2=O. The molecule has 18 heavy (non-hydrogen) atoms. The Bertz CT molecular complexity index is 687. The van der Waals surface area contributed by atoms with Crippen LogP contribution in [0, 0.1) is 0 Å². The zero-order valence-electron chi connectivity index (χ0n) is 9.30. The maximum Gasteiger partial charge on any atom is 0.230 e. The minimum Gasteiger partial charge on any atom is -0.504 e. The summed E-state index contributed by atoms with van der Waals surface area (Å²) in [5.74, 6) is -2.02. The van der Waals surface area contributed by atoms with E-state index in [2.05, 4.69) is 4.72 Å². The molecule has 0 bridgehead atoms. The van der Waals surface area contributed by atoms with Gasteiger partial charge in [0.25, 0.3) is 0 Å². The molecule has 0 saturated heterocycles. The Morgan fingerprint density at radius 2 is 1.89 bits per heavy atom. The molecule has 0 unspecified atom stereocenters.